The van der Waals surface area contributed by atoms with E-state index >= 15 is 0 Å². The molecule has 0 aromatic heterocycles. The average Bonchev–Trinajstić information content (AvgIpc) is 3.01. The van der Waals surface area contributed by atoms with Gasteiger partial charge in [-0.2, -0.15) is 0 Å². The van der Waals surface area contributed by atoms with E-state index in [2.05, 4.69) is 29.2 Å². The fourth-order valence-electron chi connectivity index (χ4n) is 2.81. The van der Waals surface area contributed by atoms with Crippen LogP contribution >= 0.6 is 0 Å². The first kappa shape index (κ1) is 13.3. The molecule has 17 heavy (non-hydrogen) atoms. The Labute approximate surface area is 105 Å². The van der Waals surface area contributed by atoms with Crippen molar-refractivity contribution in [3.05, 3.63) is 0 Å². The van der Waals surface area contributed by atoms with E-state index in [4.69, 9.17) is 0 Å². The molecule has 2 unspecified atom stereocenters. The first-order chi connectivity index (χ1) is 8.17. The lowest BCUT2D eigenvalue weighted by atomic mass is 10.1. The van der Waals surface area contributed by atoms with Crippen molar-refractivity contribution in [2.45, 2.75) is 31.3 Å². The van der Waals surface area contributed by atoms with Gasteiger partial charge in [0.25, 0.3) is 0 Å². The summed E-state index contributed by atoms with van der Waals surface area (Å²) in [7, 11) is 4.38. The Hall–Kier alpha value is -0.160. The van der Waals surface area contributed by atoms with Crippen LogP contribution in [0.25, 0.3) is 0 Å². The predicted octanol–water partition coefficient (Wildman–Crippen LogP) is -0.0172. The molecular formula is C13H27N3O. The third-order valence-corrected chi connectivity index (χ3v) is 3.86. The van der Waals surface area contributed by atoms with E-state index in [0.29, 0.717) is 6.04 Å². The molecule has 0 radical (unpaired) electrons. The smallest absolute Gasteiger partial charge is 0.0597 e. The minimum atomic E-state index is 0.255. The number of hydrogen-bond donors (Lipinski definition) is 2. The van der Waals surface area contributed by atoms with Gasteiger partial charge in [-0.15, -0.1) is 0 Å². The summed E-state index contributed by atoms with van der Waals surface area (Å²) in [5.41, 5.74) is 0. The summed E-state index contributed by atoms with van der Waals surface area (Å²) in [6, 6.07) is 0.935. The molecule has 0 spiro atoms. The van der Waals surface area contributed by atoms with Crippen molar-refractivity contribution >= 4 is 0 Å². The molecule has 1 heterocycles. The number of aliphatic hydroxyl groups is 1. The summed E-state index contributed by atoms with van der Waals surface area (Å²) in [5, 5.41) is 12.9. The van der Waals surface area contributed by atoms with Crippen LogP contribution in [0.3, 0.4) is 0 Å². The first-order valence-corrected chi connectivity index (χ1v) is 6.91. The topological polar surface area (TPSA) is 38.7 Å². The van der Waals surface area contributed by atoms with Gasteiger partial charge in [-0.3, -0.25) is 0 Å². The molecule has 2 aliphatic rings. The van der Waals surface area contributed by atoms with Gasteiger partial charge in [-0.25, -0.2) is 0 Å². The molecular weight excluding hydrogens is 214 g/mol. The third kappa shape index (κ3) is 4.54. The molecule has 0 bridgehead atoms. The van der Waals surface area contributed by atoms with Crippen molar-refractivity contribution in [3.8, 4) is 0 Å². The van der Waals surface area contributed by atoms with Gasteiger partial charge in [0.15, 0.2) is 0 Å². The monoisotopic (exact) mass is 241 g/mol. The van der Waals surface area contributed by atoms with Crippen LogP contribution in [-0.4, -0.2) is 73.9 Å². The Kier molecular flexibility index (Phi) is 4.79. The highest BCUT2D eigenvalue weighted by molar-refractivity contribution is 4.86. The Balaban J connectivity index is 1.65. The highest BCUT2D eigenvalue weighted by Crippen LogP contribution is 2.20. The van der Waals surface area contributed by atoms with Crippen molar-refractivity contribution in [1.29, 1.82) is 0 Å². The van der Waals surface area contributed by atoms with Crippen molar-refractivity contribution in [1.82, 2.24) is 15.1 Å². The highest BCUT2D eigenvalue weighted by Gasteiger charge is 2.26. The zero-order valence-electron chi connectivity index (χ0n) is 11.2. The molecule has 2 fully saturated rings. The van der Waals surface area contributed by atoms with E-state index in [9.17, 15) is 5.11 Å². The first-order valence-electron chi connectivity index (χ1n) is 6.91. The van der Waals surface area contributed by atoms with Crippen LogP contribution in [-0.2, 0) is 0 Å². The van der Waals surface area contributed by atoms with Crippen LogP contribution in [0, 0.1) is 5.92 Å². The van der Waals surface area contributed by atoms with Crippen LogP contribution in [0.1, 0.15) is 19.3 Å². The van der Waals surface area contributed by atoms with Gasteiger partial charge in [-0.05, 0) is 45.8 Å². The molecule has 100 valence electrons. The normalized spacial score (nSPS) is 27.9. The van der Waals surface area contributed by atoms with E-state index in [0.717, 1.165) is 19.0 Å². The van der Waals surface area contributed by atoms with Crippen molar-refractivity contribution in [3.63, 3.8) is 0 Å². The minimum Gasteiger partial charge on any atom is -0.395 e. The standard InChI is InChI=1S/C13H27N3O/c1-15-6-5-11(7-15)8-16(2)9-13(10-17)14-12-3-4-12/h11-14,17H,3-10H2,1-2H3. The third-order valence-electron chi connectivity index (χ3n) is 3.86. The fraction of sp³-hybridized carbons (Fsp3) is 1.00. The van der Waals surface area contributed by atoms with E-state index in [-0.39, 0.29) is 12.6 Å². The van der Waals surface area contributed by atoms with E-state index in [1.807, 2.05) is 0 Å². The summed E-state index contributed by atoms with van der Waals surface area (Å²) >= 11 is 0. The average molecular weight is 241 g/mol. The minimum absolute atomic E-state index is 0.255. The van der Waals surface area contributed by atoms with Crippen molar-refractivity contribution in [2.75, 3.05) is 46.9 Å². The van der Waals surface area contributed by atoms with Crippen LogP contribution in [0.2, 0.25) is 0 Å². The number of likely N-dealkylation sites (tertiary alicyclic amines) is 1. The Bertz CT molecular complexity index is 233. The molecule has 2 atom stereocenters. The molecule has 1 saturated heterocycles. The van der Waals surface area contributed by atoms with Crippen molar-refractivity contribution < 1.29 is 5.11 Å². The van der Waals surface area contributed by atoms with Gasteiger partial charge in [0.1, 0.15) is 0 Å². The lowest BCUT2D eigenvalue weighted by Crippen LogP contribution is -2.44. The van der Waals surface area contributed by atoms with Gasteiger partial charge < -0.3 is 20.2 Å². The van der Waals surface area contributed by atoms with Crippen molar-refractivity contribution in [2.24, 2.45) is 5.92 Å². The molecule has 2 rings (SSSR count). The molecule has 1 aliphatic carbocycles. The second-order valence-corrected chi connectivity index (χ2v) is 5.96. The number of aliphatic hydroxyl groups excluding tert-OH is 1. The quantitative estimate of drug-likeness (QED) is 0.657. The molecule has 4 nitrogen and oxygen atoms in total. The second kappa shape index (κ2) is 6.14. The van der Waals surface area contributed by atoms with Gasteiger partial charge in [-0.1, -0.05) is 0 Å². The van der Waals surface area contributed by atoms with Gasteiger partial charge in [0.2, 0.25) is 0 Å². The molecule has 0 amide bonds. The highest BCUT2D eigenvalue weighted by atomic mass is 16.3. The number of hydrogen-bond acceptors (Lipinski definition) is 4. The summed E-state index contributed by atoms with van der Waals surface area (Å²) in [6.07, 6.45) is 3.89. The molecule has 4 heteroatoms. The maximum absolute atomic E-state index is 9.36. The fourth-order valence-corrected chi connectivity index (χ4v) is 2.81. The summed E-state index contributed by atoms with van der Waals surface area (Å²) in [4.78, 5) is 4.78. The predicted molar refractivity (Wildman–Crippen MR) is 70.1 cm³/mol. The molecule has 1 saturated carbocycles. The van der Waals surface area contributed by atoms with E-state index < -0.39 is 0 Å². The largest absolute Gasteiger partial charge is 0.395 e. The Morgan fingerprint density at radius 2 is 2.18 bits per heavy atom. The zero-order valence-corrected chi connectivity index (χ0v) is 11.2. The number of rotatable bonds is 7. The van der Waals surface area contributed by atoms with Crippen LogP contribution in [0.5, 0.6) is 0 Å². The van der Waals surface area contributed by atoms with Crippen LogP contribution in [0.15, 0.2) is 0 Å². The Morgan fingerprint density at radius 3 is 2.71 bits per heavy atom. The van der Waals surface area contributed by atoms with Gasteiger partial charge in [0.05, 0.1) is 6.61 Å². The number of nitrogens with one attached hydrogen (secondary N) is 1. The number of likely N-dealkylation sites (N-methyl/N-ethyl adjacent to an activating group) is 1. The maximum Gasteiger partial charge on any atom is 0.0597 e. The molecule has 1 aliphatic heterocycles. The molecule has 0 aromatic carbocycles. The van der Waals surface area contributed by atoms with Crippen LogP contribution < -0.4 is 5.32 Å². The lowest BCUT2D eigenvalue weighted by molar-refractivity contribution is 0.185. The van der Waals surface area contributed by atoms with E-state index in [1.54, 1.807) is 0 Å². The SMILES string of the molecule is CN1CCC(CN(C)CC(CO)NC2CC2)C1. The molecule has 2 N–H and O–H groups in total. The van der Waals surface area contributed by atoms with Gasteiger partial charge in [0, 0.05) is 31.7 Å². The van der Waals surface area contributed by atoms with Crippen LogP contribution in [0.4, 0.5) is 0 Å². The summed E-state index contributed by atoms with van der Waals surface area (Å²) in [6.45, 7) is 4.85. The number of nitrogens with zero attached hydrogens (tertiary/aromatic N) is 2. The second-order valence-electron chi connectivity index (χ2n) is 5.96. The zero-order chi connectivity index (χ0) is 12.3. The molecule has 0 aromatic rings. The van der Waals surface area contributed by atoms with E-state index in [1.165, 1.54) is 32.4 Å². The summed E-state index contributed by atoms with van der Waals surface area (Å²) in [5.74, 6) is 0.810. The Morgan fingerprint density at radius 1 is 1.41 bits per heavy atom. The summed E-state index contributed by atoms with van der Waals surface area (Å²) < 4.78 is 0. The van der Waals surface area contributed by atoms with Gasteiger partial charge >= 0.3 is 0 Å². The lowest BCUT2D eigenvalue weighted by Gasteiger charge is -2.26. The maximum atomic E-state index is 9.36.